The van der Waals surface area contributed by atoms with Crippen molar-refractivity contribution in [3.05, 3.63) is 51.2 Å². The van der Waals surface area contributed by atoms with Gasteiger partial charge in [0.2, 0.25) is 5.91 Å². The molecule has 0 atom stereocenters. The summed E-state index contributed by atoms with van der Waals surface area (Å²) in [5.41, 5.74) is 3.00. The number of anilines is 1. The fourth-order valence-corrected chi connectivity index (χ4v) is 4.37. The Hall–Kier alpha value is -2.67. The van der Waals surface area contributed by atoms with Gasteiger partial charge in [0.1, 0.15) is 4.88 Å². The number of hydrogen-bond donors (Lipinski definition) is 1. The van der Waals surface area contributed by atoms with E-state index >= 15 is 0 Å². The van der Waals surface area contributed by atoms with Gasteiger partial charge in [-0.25, -0.2) is 4.79 Å². The molecular formula is C22H26N2O4S. The quantitative estimate of drug-likeness (QED) is 0.579. The van der Waals surface area contributed by atoms with Gasteiger partial charge in [0, 0.05) is 17.6 Å². The zero-order valence-electron chi connectivity index (χ0n) is 16.8. The standard InChI is InChI=1S/C22H26N2O4S/c1-15-8-10-17(11-9-15)23-20(25)13-24(2)21(26)14-28-22(27)19-12-16-6-4-3-5-7-18(16)29-19/h8-12H,3-7,13-14H2,1-2H3,(H,23,25). The first-order valence-electron chi connectivity index (χ1n) is 9.81. The average Bonchev–Trinajstić information content (AvgIpc) is 2.98. The number of nitrogens with one attached hydrogen (secondary N) is 1. The molecule has 0 saturated carbocycles. The van der Waals surface area contributed by atoms with E-state index in [9.17, 15) is 14.4 Å². The maximum atomic E-state index is 12.3. The maximum absolute atomic E-state index is 12.3. The van der Waals surface area contributed by atoms with E-state index in [1.165, 1.54) is 40.1 Å². The number of benzene rings is 1. The van der Waals surface area contributed by atoms with Gasteiger partial charge in [0.15, 0.2) is 6.61 Å². The first kappa shape index (κ1) is 21.0. The lowest BCUT2D eigenvalue weighted by Crippen LogP contribution is -2.37. The van der Waals surface area contributed by atoms with Crippen LogP contribution < -0.4 is 5.32 Å². The van der Waals surface area contributed by atoms with Gasteiger partial charge in [-0.2, -0.15) is 0 Å². The first-order chi connectivity index (χ1) is 13.9. The summed E-state index contributed by atoms with van der Waals surface area (Å²) in [6.07, 6.45) is 5.52. The SMILES string of the molecule is Cc1ccc(NC(=O)CN(C)C(=O)COC(=O)c2cc3c(s2)CCCCC3)cc1. The van der Waals surface area contributed by atoms with Crippen LogP contribution in [0.25, 0.3) is 0 Å². The highest BCUT2D eigenvalue weighted by molar-refractivity contribution is 7.14. The highest BCUT2D eigenvalue weighted by Gasteiger charge is 2.20. The molecule has 6 nitrogen and oxygen atoms in total. The Morgan fingerprint density at radius 1 is 1.10 bits per heavy atom. The van der Waals surface area contributed by atoms with Gasteiger partial charge >= 0.3 is 5.97 Å². The number of ether oxygens (including phenoxy) is 1. The number of nitrogens with zero attached hydrogens (tertiary/aromatic N) is 1. The average molecular weight is 415 g/mol. The summed E-state index contributed by atoms with van der Waals surface area (Å²) >= 11 is 1.47. The molecule has 1 N–H and O–H groups in total. The second kappa shape index (κ2) is 9.69. The smallest absolute Gasteiger partial charge is 0.348 e. The largest absolute Gasteiger partial charge is 0.451 e. The summed E-state index contributed by atoms with van der Waals surface area (Å²) in [6.45, 7) is 1.47. The Kier molecular flexibility index (Phi) is 7.04. The van der Waals surface area contributed by atoms with Crippen molar-refractivity contribution in [2.45, 2.75) is 39.0 Å². The molecule has 29 heavy (non-hydrogen) atoms. The third-order valence-electron chi connectivity index (χ3n) is 4.92. The molecule has 0 bridgehead atoms. The van der Waals surface area contributed by atoms with Gasteiger partial charge in [-0.1, -0.05) is 24.1 Å². The van der Waals surface area contributed by atoms with Gasteiger partial charge in [0.25, 0.3) is 5.91 Å². The molecule has 1 aliphatic rings. The van der Waals surface area contributed by atoms with Crippen LogP contribution in [0.2, 0.25) is 0 Å². The minimum absolute atomic E-state index is 0.114. The second-order valence-electron chi connectivity index (χ2n) is 7.36. The summed E-state index contributed by atoms with van der Waals surface area (Å²) in [7, 11) is 1.51. The van der Waals surface area contributed by atoms with Crippen LogP contribution in [0.1, 0.15) is 44.9 Å². The molecular weight excluding hydrogens is 388 g/mol. The molecule has 1 heterocycles. The first-order valence-corrected chi connectivity index (χ1v) is 10.6. The minimum atomic E-state index is -0.478. The number of carbonyl (C=O) groups excluding carboxylic acids is 3. The Morgan fingerprint density at radius 3 is 2.59 bits per heavy atom. The van der Waals surface area contributed by atoms with E-state index in [-0.39, 0.29) is 19.1 Å². The van der Waals surface area contributed by atoms with Crippen molar-refractivity contribution in [1.29, 1.82) is 0 Å². The molecule has 0 fully saturated rings. The number of esters is 1. The lowest BCUT2D eigenvalue weighted by atomic mass is 10.1. The molecule has 0 unspecified atom stereocenters. The molecule has 0 aliphatic heterocycles. The van der Waals surface area contributed by atoms with Crippen LogP contribution in [0.5, 0.6) is 0 Å². The third kappa shape index (κ3) is 5.90. The van der Waals surface area contributed by atoms with E-state index in [1.54, 1.807) is 12.1 Å². The van der Waals surface area contributed by atoms with Crippen molar-refractivity contribution in [1.82, 2.24) is 4.90 Å². The van der Waals surface area contributed by atoms with Crippen LogP contribution in [-0.2, 0) is 27.2 Å². The topological polar surface area (TPSA) is 75.7 Å². The van der Waals surface area contributed by atoms with Gasteiger partial charge in [0.05, 0.1) is 6.54 Å². The van der Waals surface area contributed by atoms with Gasteiger partial charge in [-0.05, 0) is 56.4 Å². The number of thiophene rings is 1. The summed E-state index contributed by atoms with van der Waals surface area (Å²) in [5.74, 6) is -1.21. The summed E-state index contributed by atoms with van der Waals surface area (Å²) in [5, 5.41) is 2.74. The molecule has 0 radical (unpaired) electrons. The molecule has 0 saturated heterocycles. The minimum Gasteiger partial charge on any atom is -0.451 e. The molecule has 1 aromatic heterocycles. The van der Waals surface area contributed by atoms with E-state index in [0.29, 0.717) is 10.6 Å². The molecule has 3 rings (SSSR count). The number of carbonyl (C=O) groups is 3. The molecule has 154 valence electrons. The fourth-order valence-electron chi connectivity index (χ4n) is 3.22. The molecule has 7 heteroatoms. The summed E-state index contributed by atoms with van der Waals surface area (Å²) < 4.78 is 5.18. The van der Waals surface area contributed by atoms with E-state index in [0.717, 1.165) is 31.2 Å². The lowest BCUT2D eigenvalue weighted by molar-refractivity contribution is -0.136. The Balaban J connectivity index is 1.46. The highest BCUT2D eigenvalue weighted by Crippen LogP contribution is 2.29. The number of amides is 2. The van der Waals surface area contributed by atoms with E-state index in [1.807, 2.05) is 25.1 Å². The lowest BCUT2D eigenvalue weighted by Gasteiger charge is -2.16. The van der Waals surface area contributed by atoms with Crippen molar-refractivity contribution in [2.24, 2.45) is 0 Å². The number of fused-ring (bicyclic) bond motifs is 1. The van der Waals surface area contributed by atoms with Gasteiger partial charge in [-0.15, -0.1) is 11.3 Å². The normalized spacial score (nSPS) is 13.2. The van der Waals surface area contributed by atoms with Crippen molar-refractivity contribution < 1.29 is 19.1 Å². The molecule has 1 aromatic carbocycles. The number of likely N-dealkylation sites (N-methyl/N-ethyl adjacent to an activating group) is 1. The summed E-state index contributed by atoms with van der Waals surface area (Å²) in [4.78, 5) is 39.7. The number of rotatable bonds is 6. The van der Waals surface area contributed by atoms with Crippen LogP contribution in [-0.4, -0.2) is 42.9 Å². The van der Waals surface area contributed by atoms with Gasteiger partial charge in [-0.3, -0.25) is 9.59 Å². The predicted octanol–water partition coefficient (Wildman–Crippen LogP) is 3.58. The highest BCUT2D eigenvalue weighted by atomic mass is 32.1. The Bertz CT molecular complexity index is 865. The van der Waals surface area contributed by atoms with Gasteiger partial charge < -0.3 is 15.0 Å². The maximum Gasteiger partial charge on any atom is 0.348 e. The molecule has 0 spiro atoms. The van der Waals surface area contributed by atoms with Crippen molar-refractivity contribution >= 4 is 34.8 Å². The van der Waals surface area contributed by atoms with Crippen molar-refractivity contribution in [3.8, 4) is 0 Å². The van der Waals surface area contributed by atoms with Crippen LogP contribution in [0.4, 0.5) is 5.69 Å². The molecule has 2 amide bonds. The van der Waals surface area contributed by atoms with Crippen molar-refractivity contribution in [2.75, 3.05) is 25.5 Å². The second-order valence-corrected chi connectivity index (χ2v) is 8.50. The van der Waals surface area contributed by atoms with Crippen LogP contribution in [0.15, 0.2) is 30.3 Å². The van der Waals surface area contributed by atoms with Crippen LogP contribution in [0, 0.1) is 6.92 Å². The Morgan fingerprint density at radius 2 is 1.83 bits per heavy atom. The molecule has 1 aliphatic carbocycles. The van der Waals surface area contributed by atoms with E-state index in [2.05, 4.69) is 5.32 Å². The summed E-state index contributed by atoms with van der Waals surface area (Å²) in [6, 6.07) is 9.30. The monoisotopic (exact) mass is 414 g/mol. The molecule has 2 aromatic rings. The zero-order valence-corrected chi connectivity index (χ0v) is 17.6. The van der Waals surface area contributed by atoms with Crippen LogP contribution in [0.3, 0.4) is 0 Å². The number of aryl methyl sites for hydroxylation is 3. The van der Waals surface area contributed by atoms with E-state index in [4.69, 9.17) is 4.74 Å². The predicted molar refractivity (Wildman–Crippen MR) is 113 cm³/mol. The number of hydrogen-bond acceptors (Lipinski definition) is 5. The Labute approximate surface area is 174 Å². The zero-order chi connectivity index (χ0) is 20.8. The van der Waals surface area contributed by atoms with E-state index < -0.39 is 11.9 Å². The van der Waals surface area contributed by atoms with Crippen LogP contribution >= 0.6 is 11.3 Å². The fraction of sp³-hybridized carbons (Fsp3) is 0.409. The third-order valence-corrected chi connectivity index (χ3v) is 6.13. The van der Waals surface area contributed by atoms with Crippen molar-refractivity contribution in [3.63, 3.8) is 0 Å².